The van der Waals surface area contributed by atoms with Crippen LogP contribution in [0.1, 0.15) is 24.8 Å². The highest BCUT2D eigenvalue weighted by atomic mass is 79.9. The van der Waals surface area contributed by atoms with E-state index in [2.05, 4.69) is 33.4 Å². The molecule has 1 fully saturated rings. The number of methoxy groups -OCH3 is 1. The summed E-state index contributed by atoms with van der Waals surface area (Å²) in [7, 11) is 1.72. The molecule has 0 spiro atoms. The molecule has 3 rings (SSSR count). The van der Waals surface area contributed by atoms with Gasteiger partial charge in [-0.1, -0.05) is 0 Å². The smallest absolute Gasteiger partial charge is 0.135 e. The molecule has 86 valence electrons. The summed E-state index contributed by atoms with van der Waals surface area (Å²) in [5, 5.41) is 3.66. The first-order valence-electron chi connectivity index (χ1n) is 5.91. The number of hydrogen-bond donors (Lipinski definition) is 1. The van der Waals surface area contributed by atoms with Crippen LogP contribution in [0.15, 0.2) is 16.6 Å². The molecular weight excluding hydrogens is 266 g/mol. The number of anilines is 1. The molecule has 1 heterocycles. The van der Waals surface area contributed by atoms with Crippen LogP contribution in [0, 0.1) is 5.92 Å². The monoisotopic (exact) mass is 281 g/mol. The van der Waals surface area contributed by atoms with Gasteiger partial charge in [0, 0.05) is 17.8 Å². The summed E-state index contributed by atoms with van der Waals surface area (Å²) >= 11 is 3.54. The predicted octanol–water partition coefficient (Wildman–Crippen LogP) is 3.59. The summed E-state index contributed by atoms with van der Waals surface area (Å²) in [6.45, 7) is 0. The fourth-order valence-electron chi connectivity index (χ4n) is 2.53. The van der Waals surface area contributed by atoms with Crippen LogP contribution < -0.4 is 10.1 Å². The van der Waals surface area contributed by atoms with E-state index in [0.717, 1.165) is 16.1 Å². The third-order valence-corrected chi connectivity index (χ3v) is 4.25. The van der Waals surface area contributed by atoms with E-state index in [-0.39, 0.29) is 0 Å². The van der Waals surface area contributed by atoms with Crippen LogP contribution >= 0.6 is 15.9 Å². The average molecular weight is 282 g/mol. The molecule has 0 amide bonds. The Morgan fingerprint density at radius 3 is 2.81 bits per heavy atom. The van der Waals surface area contributed by atoms with Crippen LogP contribution in [-0.2, 0) is 6.42 Å². The number of nitrogens with one attached hydrogen (secondary N) is 1. The molecule has 0 aromatic heterocycles. The molecule has 2 nitrogen and oxygen atoms in total. The highest BCUT2D eigenvalue weighted by Crippen LogP contribution is 2.41. The molecule has 1 saturated carbocycles. The van der Waals surface area contributed by atoms with E-state index < -0.39 is 0 Å². The first kappa shape index (κ1) is 10.5. The van der Waals surface area contributed by atoms with Gasteiger partial charge in [-0.3, -0.25) is 0 Å². The SMILES string of the molecule is COc1cc2c(cc1Br)CCC(C1CC1)N2. The summed E-state index contributed by atoms with van der Waals surface area (Å²) in [4.78, 5) is 0. The summed E-state index contributed by atoms with van der Waals surface area (Å²) in [5.74, 6) is 1.84. The standard InChI is InChI=1S/C13H16BrNO/c1-16-13-7-12-9(6-10(13)14)4-5-11(15-12)8-2-3-8/h6-8,11,15H,2-5H2,1H3. The van der Waals surface area contributed by atoms with E-state index in [1.807, 2.05) is 0 Å². The van der Waals surface area contributed by atoms with Crippen molar-refractivity contribution in [2.75, 3.05) is 12.4 Å². The van der Waals surface area contributed by atoms with Crippen LogP contribution in [0.3, 0.4) is 0 Å². The van der Waals surface area contributed by atoms with Gasteiger partial charge in [-0.15, -0.1) is 0 Å². The Kier molecular flexibility index (Phi) is 2.58. The lowest BCUT2D eigenvalue weighted by molar-refractivity contribution is 0.411. The molecule has 0 radical (unpaired) electrons. The topological polar surface area (TPSA) is 21.3 Å². The van der Waals surface area contributed by atoms with Gasteiger partial charge in [-0.2, -0.15) is 0 Å². The maximum atomic E-state index is 5.34. The number of rotatable bonds is 2. The normalized spacial score (nSPS) is 23.5. The lowest BCUT2D eigenvalue weighted by Crippen LogP contribution is -2.27. The maximum Gasteiger partial charge on any atom is 0.135 e. The van der Waals surface area contributed by atoms with Crippen molar-refractivity contribution in [1.29, 1.82) is 0 Å². The van der Waals surface area contributed by atoms with Gasteiger partial charge in [0.2, 0.25) is 0 Å². The average Bonchev–Trinajstić information content (AvgIpc) is 3.11. The van der Waals surface area contributed by atoms with Crippen LogP contribution in [-0.4, -0.2) is 13.2 Å². The Hall–Kier alpha value is -0.700. The maximum absolute atomic E-state index is 5.34. The van der Waals surface area contributed by atoms with E-state index in [1.54, 1.807) is 7.11 Å². The van der Waals surface area contributed by atoms with Gasteiger partial charge in [-0.05, 0) is 59.2 Å². The van der Waals surface area contributed by atoms with E-state index in [4.69, 9.17) is 4.74 Å². The summed E-state index contributed by atoms with van der Waals surface area (Å²) in [5.41, 5.74) is 2.67. The number of benzene rings is 1. The molecule has 1 unspecified atom stereocenters. The molecule has 1 aliphatic heterocycles. The number of halogens is 1. The molecule has 1 aromatic rings. The largest absolute Gasteiger partial charge is 0.495 e. The summed E-state index contributed by atoms with van der Waals surface area (Å²) in [6, 6.07) is 5.00. The third kappa shape index (κ3) is 1.81. The number of hydrogen-bond acceptors (Lipinski definition) is 2. The highest BCUT2D eigenvalue weighted by molar-refractivity contribution is 9.10. The Morgan fingerprint density at radius 2 is 2.12 bits per heavy atom. The van der Waals surface area contributed by atoms with Gasteiger partial charge >= 0.3 is 0 Å². The van der Waals surface area contributed by atoms with Crippen molar-refractivity contribution in [2.45, 2.75) is 31.7 Å². The molecule has 1 aliphatic carbocycles. The second-order valence-electron chi connectivity index (χ2n) is 4.77. The molecule has 1 aromatic carbocycles. The summed E-state index contributed by atoms with van der Waals surface area (Å²) in [6.07, 6.45) is 5.27. The highest BCUT2D eigenvalue weighted by Gasteiger charge is 2.33. The van der Waals surface area contributed by atoms with E-state index in [1.165, 1.54) is 36.9 Å². The van der Waals surface area contributed by atoms with E-state index >= 15 is 0 Å². The van der Waals surface area contributed by atoms with E-state index in [0.29, 0.717) is 6.04 Å². The minimum atomic E-state index is 0.693. The Morgan fingerprint density at radius 1 is 1.31 bits per heavy atom. The molecular formula is C13H16BrNO. The molecule has 0 saturated heterocycles. The molecule has 2 aliphatic rings. The second kappa shape index (κ2) is 3.95. The number of ether oxygens (including phenoxy) is 1. The predicted molar refractivity (Wildman–Crippen MR) is 69.1 cm³/mol. The van der Waals surface area contributed by atoms with Crippen molar-refractivity contribution < 1.29 is 4.74 Å². The third-order valence-electron chi connectivity index (χ3n) is 3.63. The number of aryl methyl sites for hydroxylation is 1. The van der Waals surface area contributed by atoms with Crippen LogP contribution in [0.25, 0.3) is 0 Å². The molecule has 16 heavy (non-hydrogen) atoms. The lowest BCUT2D eigenvalue weighted by atomic mass is 9.95. The Labute approximate surface area is 105 Å². The van der Waals surface area contributed by atoms with Gasteiger partial charge in [0.15, 0.2) is 0 Å². The van der Waals surface area contributed by atoms with Crippen LogP contribution in [0.4, 0.5) is 5.69 Å². The Balaban J connectivity index is 1.90. The Bertz CT molecular complexity index is 415. The first-order valence-corrected chi connectivity index (χ1v) is 6.70. The van der Waals surface area contributed by atoms with E-state index in [9.17, 15) is 0 Å². The zero-order chi connectivity index (χ0) is 11.1. The lowest BCUT2D eigenvalue weighted by Gasteiger charge is -2.27. The van der Waals surface area contributed by atoms with Gasteiger partial charge in [-0.25, -0.2) is 0 Å². The van der Waals surface area contributed by atoms with Gasteiger partial charge in [0.25, 0.3) is 0 Å². The quantitative estimate of drug-likeness (QED) is 0.895. The zero-order valence-corrected chi connectivity index (χ0v) is 11.0. The summed E-state index contributed by atoms with van der Waals surface area (Å²) < 4.78 is 6.39. The van der Waals surface area contributed by atoms with Crippen molar-refractivity contribution in [2.24, 2.45) is 5.92 Å². The van der Waals surface area contributed by atoms with Crippen molar-refractivity contribution in [3.8, 4) is 5.75 Å². The number of fused-ring (bicyclic) bond motifs is 1. The molecule has 1 N–H and O–H groups in total. The first-order chi connectivity index (χ1) is 7.78. The van der Waals surface area contributed by atoms with Crippen LogP contribution in [0.2, 0.25) is 0 Å². The second-order valence-corrected chi connectivity index (χ2v) is 5.63. The molecule has 0 bridgehead atoms. The fraction of sp³-hybridized carbons (Fsp3) is 0.538. The van der Waals surface area contributed by atoms with Crippen molar-refractivity contribution in [3.63, 3.8) is 0 Å². The van der Waals surface area contributed by atoms with Gasteiger partial charge < -0.3 is 10.1 Å². The van der Waals surface area contributed by atoms with Gasteiger partial charge in [0.1, 0.15) is 5.75 Å². The van der Waals surface area contributed by atoms with Crippen molar-refractivity contribution in [1.82, 2.24) is 0 Å². The fourth-order valence-corrected chi connectivity index (χ4v) is 3.08. The van der Waals surface area contributed by atoms with Gasteiger partial charge in [0.05, 0.1) is 11.6 Å². The van der Waals surface area contributed by atoms with Crippen LogP contribution in [0.5, 0.6) is 5.75 Å². The van der Waals surface area contributed by atoms with Crippen molar-refractivity contribution >= 4 is 21.6 Å². The van der Waals surface area contributed by atoms with Crippen molar-refractivity contribution in [3.05, 3.63) is 22.2 Å². The molecule has 3 heteroatoms. The zero-order valence-electron chi connectivity index (χ0n) is 9.42. The minimum Gasteiger partial charge on any atom is -0.495 e. The minimum absolute atomic E-state index is 0.693. The molecule has 1 atom stereocenters.